The average molecular weight is 396 g/mol. The van der Waals surface area contributed by atoms with Gasteiger partial charge in [-0.15, -0.1) is 10.2 Å². The molecule has 7 heteroatoms. The van der Waals surface area contributed by atoms with Crippen molar-refractivity contribution in [3.05, 3.63) is 53.1 Å². The predicted octanol–water partition coefficient (Wildman–Crippen LogP) is 4.35. The predicted molar refractivity (Wildman–Crippen MR) is 109 cm³/mol. The van der Waals surface area contributed by atoms with Gasteiger partial charge < -0.3 is 14.2 Å². The number of hydrogen-bond acceptors (Lipinski definition) is 6. The molecule has 7 nitrogen and oxygen atoms in total. The van der Waals surface area contributed by atoms with Gasteiger partial charge in [-0.05, 0) is 43.4 Å². The Morgan fingerprint density at radius 3 is 2.41 bits per heavy atom. The van der Waals surface area contributed by atoms with E-state index >= 15 is 0 Å². The number of amides is 1. The molecule has 1 N–H and O–H groups in total. The molecule has 1 amide bonds. The highest BCUT2D eigenvalue weighted by Gasteiger charge is 2.23. The Hall–Kier alpha value is -2.96. The lowest BCUT2D eigenvalue weighted by molar-refractivity contribution is -0.121. The fourth-order valence-corrected chi connectivity index (χ4v) is 3.14. The van der Waals surface area contributed by atoms with Crippen molar-refractivity contribution in [2.75, 3.05) is 0 Å². The molecule has 2 heterocycles. The highest BCUT2D eigenvalue weighted by Crippen LogP contribution is 2.24. The zero-order chi connectivity index (χ0) is 21.0. The molecule has 3 rings (SSSR count). The molecule has 1 unspecified atom stereocenters. The van der Waals surface area contributed by atoms with Gasteiger partial charge in [0.1, 0.15) is 11.8 Å². The quantitative estimate of drug-likeness (QED) is 0.608. The molecular weight excluding hydrogens is 368 g/mol. The average Bonchev–Trinajstić information content (AvgIpc) is 3.27. The minimum absolute atomic E-state index is 0.129. The number of carbonyl (C=O) groups is 1. The molecule has 0 aliphatic heterocycles. The van der Waals surface area contributed by atoms with Crippen molar-refractivity contribution in [3.63, 3.8) is 0 Å². The molecule has 1 aromatic carbocycles. The SMILES string of the molecule is CCc1ccc(-c2nc(CC(=O)NC(CC(C)C)c3nnc(C)o3)c(C)o2)cc1. The first-order chi connectivity index (χ1) is 13.9. The highest BCUT2D eigenvalue weighted by molar-refractivity contribution is 5.78. The van der Waals surface area contributed by atoms with E-state index in [1.165, 1.54) is 5.56 Å². The molecule has 0 aliphatic carbocycles. The van der Waals surface area contributed by atoms with Gasteiger partial charge in [0.25, 0.3) is 0 Å². The van der Waals surface area contributed by atoms with Crippen LogP contribution in [0.1, 0.15) is 62.0 Å². The number of nitrogens with zero attached hydrogens (tertiary/aromatic N) is 3. The van der Waals surface area contributed by atoms with Gasteiger partial charge in [0, 0.05) is 12.5 Å². The van der Waals surface area contributed by atoms with Gasteiger partial charge in [-0.1, -0.05) is 32.9 Å². The van der Waals surface area contributed by atoms with Crippen LogP contribution in [0.4, 0.5) is 0 Å². The van der Waals surface area contributed by atoms with E-state index in [1.54, 1.807) is 6.92 Å². The van der Waals surface area contributed by atoms with Gasteiger partial charge in [0.15, 0.2) is 0 Å². The molecule has 0 aliphatic rings. The Bertz CT molecular complexity index is 957. The van der Waals surface area contributed by atoms with E-state index < -0.39 is 0 Å². The molecule has 154 valence electrons. The number of nitrogens with one attached hydrogen (secondary N) is 1. The van der Waals surface area contributed by atoms with E-state index in [9.17, 15) is 4.79 Å². The third kappa shape index (κ3) is 5.31. The molecule has 0 saturated carbocycles. The number of oxazole rings is 1. The third-order valence-electron chi connectivity index (χ3n) is 4.71. The minimum Gasteiger partial charge on any atom is -0.441 e. The van der Waals surface area contributed by atoms with E-state index in [4.69, 9.17) is 8.83 Å². The topological polar surface area (TPSA) is 94.1 Å². The summed E-state index contributed by atoms with van der Waals surface area (Å²) in [6.45, 7) is 9.84. The number of rotatable bonds is 8. The van der Waals surface area contributed by atoms with Crippen LogP contribution in [0.5, 0.6) is 0 Å². The van der Waals surface area contributed by atoms with Gasteiger partial charge in [0.05, 0.1) is 12.1 Å². The van der Waals surface area contributed by atoms with Crippen LogP contribution in [-0.2, 0) is 17.6 Å². The van der Waals surface area contributed by atoms with Crippen LogP contribution in [0.3, 0.4) is 0 Å². The Morgan fingerprint density at radius 2 is 1.83 bits per heavy atom. The fourth-order valence-electron chi connectivity index (χ4n) is 3.14. The third-order valence-corrected chi connectivity index (χ3v) is 4.71. The fraction of sp³-hybridized carbons (Fsp3) is 0.455. The first-order valence-electron chi connectivity index (χ1n) is 10.0. The van der Waals surface area contributed by atoms with Crippen molar-refractivity contribution in [1.82, 2.24) is 20.5 Å². The second-order valence-corrected chi connectivity index (χ2v) is 7.66. The van der Waals surface area contributed by atoms with Crippen LogP contribution in [0, 0.1) is 19.8 Å². The molecule has 0 bridgehead atoms. The summed E-state index contributed by atoms with van der Waals surface area (Å²) in [7, 11) is 0. The lowest BCUT2D eigenvalue weighted by atomic mass is 10.0. The van der Waals surface area contributed by atoms with Gasteiger partial charge in [-0.2, -0.15) is 0 Å². The lowest BCUT2D eigenvalue weighted by Crippen LogP contribution is -2.31. The standard InChI is InChI=1S/C22H28N4O3/c1-6-16-7-9-17(10-8-16)21-24-18(14(4)28-21)12-20(27)23-19(11-13(2)3)22-26-25-15(5)29-22/h7-10,13,19H,6,11-12H2,1-5H3,(H,23,27). The molecule has 1 atom stereocenters. The van der Waals surface area contributed by atoms with Crippen LogP contribution in [0.25, 0.3) is 11.5 Å². The summed E-state index contributed by atoms with van der Waals surface area (Å²) in [5, 5.41) is 10.9. The Morgan fingerprint density at radius 1 is 1.10 bits per heavy atom. The van der Waals surface area contributed by atoms with Crippen LogP contribution in [0.15, 0.2) is 33.1 Å². The number of hydrogen-bond donors (Lipinski definition) is 1. The van der Waals surface area contributed by atoms with Crippen LogP contribution < -0.4 is 5.32 Å². The molecular formula is C22H28N4O3. The molecule has 0 fully saturated rings. The maximum absolute atomic E-state index is 12.7. The maximum atomic E-state index is 12.7. The molecule has 0 saturated heterocycles. The van der Waals surface area contributed by atoms with Crippen molar-refractivity contribution in [1.29, 1.82) is 0 Å². The van der Waals surface area contributed by atoms with Gasteiger partial charge in [0.2, 0.25) is 23.6 Å². The second kappa shape index (κ2) is 9.03. The Balaban J connectivity index is 1.71. The van der Waals surface area contributed by atoms with Crippen molar-refractivity contribution in [2.45, 2.75) is 59.9 Å². The van der Waals surface area contributed by atoms with E-state index in [0.717, 1.165) is 12.0 Å². The summed E-state index contributed by atoms with van der Waals surface area (Å²) in [6, 6.07) is 7.78. The molecule has 29 heavy (non-hydrogen) atoms. The van der Waals surface area contributed by atoms with Crippen molar-refractivity contribution in [3.8, 4) is 11.5 Å². The second-order valence-electron chi connectivity index (χ2n) is 7.66. The summed E-state index contributed by atoms with van der Waals surface area (Å²) < 4.78 is 11.3. The zero-order valence-corrected chi connectivity index (χ0v) is 17.7. The number of carbonyl (C=O) groups excluding carboxylic acids is 1. The number of aromatic nitrogens is 3. The highest BCUT2D eigenvalue weighted by atomic mass is 16.4. The first kappa shape index (κ1) is 20.8. The summed E-state index contributed by atoms with van der Waals surface area (Å²) in [5.41, 5.74) is 2.78. The van der Waals surface area contributed by atoms with Gasteiger partial charge in [-0.3, -0.25) is 4.79 Å². The van der Waals surface area contributed by atoms with E-state index in [0.29, 0.717) is 41.5 Å². The van der Waals surface area contributed by atoms with Crippen molar-refractivity contribution < 1.29 is 13.6 Å². The minimum atomic E-state index is -0.322. The number of benzene rings is 1. The summed E-state index contributed by atoms with van der Waals surface area (Å²) in [4.78, 5) is 17.2. The lowest BCUT2D eigenvalue weighted by Gasteiger charge is -2.17. The van der Waals surface area contributed by atoms with E-state index in [1.807, 2.05) is 19.1 Å². The first-order valence-corrected chi connectivity index (χ1v) is 10.0. The smallest absolute Gasteiger partial charge is 0.238 e. The van der Waals surface area contributed by atoms with Gasteiger partial charge >= 0.3 is 0 Å². The summed E-state index contributed by atoms with van der Waals surface area (Å²) >= 11 is 0. The van der Waals surface area contributed by atoms with E-state index in [2.05, 4.69) is 53.4 Å². The van der Waals surface area contributed by atoms with Gasteiger partial charge in [-0.25, -0.2) is 4.98 Å². The largest absolute Gasteiger partial charge is 0.441 e. The van der Waals surface area contributed by atoms with Crippen LogP contribution in [0.2, 0.25) is 0 Å². The summed E-state index contributed by atoms with van der Waals surface area (Å²) in [5.74, 6) is 2.28. The van der Waals surface area contributed by atoms with Crippen molar-refractivity contribution >= 4 is 5.91 Å². The van der Waals surface area contributed by atoms with E-state index in [-0.39, 0.29) is 18.4 Å². The molecule has 0 radical (unpaired) electrons. The number of aryl methyl sites for hydroxylation is 3. The van der Waals surface area contributed by atoms with Crippen LogP contribution in [-0.4, -0.2) is 21.1 Å². The maximum Gasteiger partial charge on any atom is 0.238 e. The normalized spacial score (nSPS) is 12.3. The van der Waals surface area contributed by atoms with Crippen molar-refractivity contribution in [2.24, 2.45) is 5.92 Å². The molecule has 0 spiro atoms. The molecule has 2 aromatic heterocycles. The monoisotopic (exact) mass is 396 g/mol. The Labute approximate surface area is 170 Å². The molecule has 3 aromatic rings. The zero-order valence-electron chi connectivity index (χ0n) is 17.7. The van der Waals surface area contributed by atoms with Crippen LogP contribution >= 0.6 is 0 Å². The summed E-state index contributed by atoms with van der Waals surface area (Å²) in [6.07, 6.45) is 1.82. The Kier molecular flexibility index (Phi) is 6.46.